The highest BCUT2D eigenvalue weighted by atomic mass is 19.1. The van der Waals surface area contributed by atoms with Crippen molar-refractivity contribution < 1.29 is 27.8 Å². The first-order valence-electron chi connectivity index (χ1n) is 8.16. The normalized spacial score (nSPS) is 10.2. The minimum absolute atomic E-state index is 0.153. The maximum absolute atomic E-state index is 13.6. The summed E-state index contributed by atoms with van der Waals surface area (Å²) < 4.78 is 37.1. The lowest BCUT2D eigenvalue weighted by molar-refractivity contribution is -0.133. The van der Waals surface area contributed by atoms with Gasteiger partial charge in [0.1, 0.15) is 29.7 Å². The monoisotopic (exact) mass is 378 g/mol. The lowest BCUT2D eigenvalue weighted by atomic mass is 10.3. The first-order valence-corrected chi connectivity index (χ1v) is 8.16. The van der Waals surface area contributed by atoms with Gasteiger partial charge >= 0.3 is 0 Å². The molecule has 0 aliphatic heterocycles. The van der Waals surface area contributed by atoms with E-state index in [9.17, 15) is 18.4 Å². The number of halogens is 2. The standard InChI is InChI=1S/C19H20F2N2O4/c1-13(24)23(9-10-27-16-6-4-15(26-2)5-7-16)12-19(25)22-18-8-3-14(20)11-17(18)21/h3-8,11H,9-10,12H2,1-2H3,(H,22,25). The van der Waals surface area contributed by atoms with Crippen LogP contribution in [0.3, 0.4) is 0 Å². The molecule has 2 rings (SSSR count). The molecule has 2 amide bonds. The summed E-state index contributed by atoms with van der Waals surface area (Å²) in [5.74, 6) is -1.27. The fourth-order valence-electron chi connectivity index (χ4n) is 2.25. The van der Waals surface area contributed by atoms with Gasteiger partial charge in [-0.25, -0.2) is 8.78 Å². The van der Waals surface area contributed by atoms with Crippen LogP contribution >= 0.6 is 0 Å². The molecule has 0 aliphatic carbocycles. The van der Waals surface area contributed by atoms with Crippen LogP contribution in [0, 0.1) is 11.6 Å². The van der Waals surface area contributed by atoms with E-state index in [-0.39, 0.29) is 31.3 Å². The van der Waals surface area contributed by atoms with Gasteiger partial charge in [0.2, 0.25) is 11.8 Å². The van der Waals surface area contributed by atoms with Crippen molar-refractivity contribution in [3.63, 3.8) is 0 Å². The number of hydrogen-bond donors (Lipinski definition) is 1. The summed E-state index contributed by atoms with van der Waals surface area (Å²) in [6.07, 6.45) is 0. The number of ether oxygens (including phenoxy) is 2. The largest absolute Gasteiger partial charge is 0.497 e. The molecule has 0 saturated heterocycles. The molecule has 8 heteroatoms. The molecule has 144 valence electrons. The van der Waals surface area contributed by atoms with Crippen LogP contribution < -0.4 is 14.8 Å². The average Bonchev–Trinajstić information content (AvgIpc) is 2.63. The third kappa shape index (κ3) is 6.25. The van der Waals surface area contributed by atoms with E-state index in [1.807, 2.05) is 0 Å². The Morgan fingerprint density at radius 2 is 1.74 bits per heavy atom. The second kappa shape index (κ2) is 9.51. The fourth-order valence-corrected chi connectivity index (χ4v) is 2.25. The molecule has 0 heterocycles. The number of amides is 2. The Morgan fingerprint density at radius 3 is 2.33 bits per heavy atom. The fraction of sp³-hybridized carbons (Fsp3) is 0.263. The smallest absolute Gasteiger partial charge is 0.244 e. The Kier molecular flexibility index (Phi) is 7.10. The molecule has 1 N–H and O–H groups in total. The minimum Gasteiger partial charge on any atom is -0.497 e. The Balaban J connectivity index is 1.86. The van der Waals surface area contributed by atoms with Crippen LogP contribution in [0.5, 0.6) is 11.5 Å². The van der Waals surface area contributed by atoms with E-state index in [0.29, 0.717) is 17.6 Å². The van der Waals surface area contributed by atoms with Crippen LogP contribution in [-0.4, -0.2) is 43.5 Å². The van der Waals surface area contributed by atoms with Crippen molar-refractivity contribution in [3.8, 4) is 11.5 Å². The number of rotatable bonds is 8. The van der Waals surface area contributed by atoms with Gasteiger partial charge in [-0.1, -0.05) is 0 Å². The molecule has 0 saturated carbocycles. The van der Waals surface area contributed by atoms with Crippen molar-refractivity contribution in [2.75, 3.05) is 32.1 Å². The van der Waals surface area contributed by atoms with Gasteiger partial charge in [0.25, 0.3) is 0 Å². The maximum atomic E-state index is 13.6. The van der Waals surface area contributed by atoms with Crippen molar-refractivity contribution in [2.24, 2.45) is 0 Å². The number of carbonyl (C=O) groups excluding carboxylic acids is 2. The van der Waals surface area contributed by atoms with Gasteiger partial charge in [0.15, 0.2) is 0 Å². The van der Waals surface area contributed by atoms with E-state index in [1.54, 1.807) is 31.4 Å². The summed E-state index contributed by atoms with van der Waals surface area (Å²) in [6.45, 7) is 1.38. The van der Waals surface area contributed by atoms with Gasteiger partial charge in [-0.3, -0.25) is 9.59 Å². The van der Waals surface area contributed by atoms with Crippen molar-refractivity contribution in [2.45, 2.75) is 6.92 Å². The molecular formula is C19H20F2N2O4. The number of anilines is 1. The van der Waals surface area contributed by atoms with Crippen molar-refractivity contribution in [1.29, 1.82) is 0 Å². The predicted molar refractivity (Wildman–Crippen MR) is 95.7 cm³/mol. The van der Waals surface area contributed by atoms with Gasteiger partial charge < -0.3 is 19.7 Å². The zero-order valence-corrected chi connectivity index (χ0v) is 15.0. The molecule has 0 bridgehead atoms. The van der Waals surface area contributed by atoms with Gasteiger partial charge in [-0.05, 0) is 36.4 Å². The van der Waals surface area contributed by atoms with Gasteiger partial charge in [-0.15, -0.1) is 0 Å². The molecule has 0 aliphatic rings. The van der Waals surface area contributed by atoms with E-state index in [0.717, 1.165) is 12.1 Å². The quantitative estimate of drug-likeness (QED) is 0.767. The van der Waals surface area contributed by atoms with Crippen LogP contribution in [0.15, 0.2) is 42.5 Å². The summed E-state index contributed by atoms with van der Waals surface area (Å²) in [5, 5.41) is 2.31. The van der Waals surface area contributed by atoms with Crippen molar-refractivity contribution >= 4 is 17.5 Å². The Hall–Kier alpha value is -3.16. The summed E-state index contributed by atoms with van der Waals surface area (Å²) in [6, 6.07) is 9.74. The van der Waals surface area contributed by atoms with Crippen molar-refractivity contribution in [3.05, 3.63) is 54.1 Å². The topological polar surface area (TPSA) is 67.9 Å². The maximum Gasteiger partial charge on any atom is 0.244 e. The lowest BCUT2D eigenvalue weighted by Gasteiger charge is -2.20. The van der Waals surface area contributed by atoms with Gasteiger partial charge in [0.05, 0.1) is 25.9 Å². The molecule has 0 unspecified atom stereocenters. The van der Waals surface area contributed by atoms with Gasteiger partial charge in [-0.2, -0.15) is 0 Å². The highest BCUT2D eigenvalue weighted by Crippen LogP contribution is 2.17. The second-order valence-electron chi connectivity index (χ2n) is 5.64. The molecule has 0 spiro atoms. The molecule has 0 aromatic heterocycles. The van der Waals surface area contributed by atoms with E-state index in [1.165, 1.54) is 11.8 Å². The third-order valence-electron chi connectivity index (χ3n) is 3.67. The van der Waals surface area contributed by atoms with Crippen LogP contribution in [0.25, 0.3) is 0 Å². The number of benzene rings is 2. The molecule has 0 fully saturated rings. The molecule has 2 aromatic carbocycles. The molecule has 2 aromatic rings. The Labute approximate surface area is 155 Å². The molecule has 6 nitrogen and oxygen atoms in total. The molecule has 0 atom stereocenters. The summed E-state index contributed by atoms with van der Waals surface area (Å²) in [4.78, 5) is 25.0. The Bertz CT molecular complexity index is 797. The lowest BCUT2D eigenvalue weighted by Crippen LogP contribution is -2.39. The molecule has 0 radical (unpaired) electrons. The highest BCUT2D eigenvalue weighted by molar-refractivity contribution is 5.94. The average molecular weight is 378 g/mol. The number of nitrogens with zero attached hydrogens (tertiary/aromatic N) is 1. The van der Waals surface area contributed by atoms with E-state index in [2.05, 4.69) is 5.32 Å². The molecular weight excluding hydrogens is 358 g/mol. The zero-order valence-electron chi connectivity index (χ0n) is 15.0. The predicted octanol–water partition coefficient (Wildman–Crippen LogP) is 2.84. The van der Waals surface area contributed by atoms with Gasteiger partial charge in [0, 0.05) is 13.0 Å². The Morgan fingerprint density at radius 1 is 1.07 bits per heavy atom. The highest BCUT2D eigenvalue weighted by Gasteiger charge is 2.15. The van der Waals surface area contributed by atoms with Crippen molar-refractivity contribution in [1.82, 2.24) is 4.90 Å². The van der Waals surface area contributed by atoms with Crippen LogP contribution in [0.4, 0.5) is 14.5 Å². The van der Waals surface area contributed by atoms with E-state index >= 15 is 0 Å². The zero-order chi connectivity index (χ0) is 19.8. The number of nitrogens with one attached hydrogen (secondary N) is 1. The summed E-state index contributed by atoms with van der Waals surface area (Å²) >= 11 is 0. The van der Waals surface area contributed by atoms with Crippen LogP contribution in [0.2, 0.25) is 0 Å². The number of methoxy groups -OCH3 is 1. The minimum atomic E-state index is -0.888. The first kappa shape index (κ1) is 20.2. The van der Waals surface area contributed by atoms with Crippen LogP contribution in [0.1, 0.15) is 6.92 Å². The summed E-state index contributed by atoms with van der Waals surface area (Å²) in [7, 11) is 1.56. The number of hydrogen-bond acceptors (Lipinski definition) is 4. The first-order chi connectivity index (χ1) is 12.9. The van der Waals surface area contributed by atoms with Crippen LogP contribution in [-0.2, 0) is 9.59 Å². The number of carbonyl (C=O) groups is 2. The SMILES string of the molecule is COc1ccc(OCCN(CC(=O)Nc2ccc(F)cc2F)C(C)=O)cc1. The van der Waals surface area contributed by atoms with E-state index < -0.39 is 17.5 Å². The third-order valence-corrected chi connectivity index (χ3v) is 3.67. The molecule has 27 heavy (non-hydrogen) atoms. The summed E-state index contributed by atoms with van der Waals surface area (Å²) in [5.41, 5.74) is -0.153. The van der Waals surface area contributed by atoms with E-state index in [4.69, 9.17) is 9.47 Å². The second-order valence-corrected chi connectivity index (χ2v) is 5.64.